The standard InChI is InChI=1S/C25H29N5O7S/c1-34-17-8-7-14(11-18(17)35-2)21(24(32)28-12-15-5-3-9-36-15)30(13-16-6-4-10-37-16)25(33)22-19(26)20(23(27)31)29-38-22/h4,6-8,10-11,15,21H,3,5,9,12-13,26H2,1-2H3,(H2,27,31)(H,28,32)/t15-,21-/m0/s1. The molecule has 3 heterocycles. The van der Waals surface area contributed by atoms with Gasteiger partial charge in [0.2, 0.25) is 5.91 Å². The summed E-state index contributed by atoms with van der Waals surface area (Å²) >= 11 is 0.731. The number of hydrogen-bond acceptors (Lipinski definition) is 10. The molecule has 0 radical (unpaired) electrons. The summed E-state index contributed by atoms with van der Waals surface area (Å²) < 4.78 is 25.9. The molecule has 3 aromatic rings. The molecule has 2 aromatic heterocycles. The average molecular weight is 544 g/mol. The summed E-state index contributed by atoms with van der Waals surface area (Å²) in [5.41, 5.74) is 11.5. The van der Waals surface area contributed by atoms with Crippen LogP contribution in [0.3, 0.4) is 0 Å². The lowest BCUT2D eigenvalue weighted by Gasteiger charge is -2.31. The van der Waals surface area contributed by atoms with Gasteiger partial charge < -0.3 is 40.3 Å². The second-order valence-corrected chi connectivity index (χ2v) is 9.32. The van der Waals surface area contributed by atoms with E-state index in [4.69, 9.17) is 30.1 Å². The lowest BCUT2D eigenvalue weighted by atomic mass is 10.0. The molecule has 4 rings (SSSR count). The minimum Gasteiger partial charge on any atom is -0.493 e. The molecule has 1 saturated heterocycles. The van der Waals surface area contributed by atoms with Gasteiger partial charge in [0.25, 0.3) is 11.8 Å². The number of nitrogen functional groups attached to an aromatic ring is 1. The third kappa shape index (κ3) is 5.73. The first kappa shape index (κ1) is 26.9. The van der Waals surface area contributed by atoms with Crippen molar-refractivity contribution in [1.82, 2.24) is 14.6 Å². The quantitative estimate of drug-likeness (QED) is 0.327. The minimum absolute atomic E-state index is 0.0252. The van der Waals surface area contributed by atoms with E-state index in [1.165, 1.54) is 25.4 Å². The fourth-order valence-electron chi connectivity index (χ4n) is 4.22. The summed E-state index contributed by atoms with van der Waals surface area (Å²) in [6, 6.07) is 7.16. The summed E-state index contributed by atoms with van der Waals surface area (Å²) in [6.07, 6.45) is 3.08. The predicted octanol–water partition coefficient (Wildman–Crippen LogP) is 2.11. The highest BCUT2D eigenvalue weighted by atomic mass is 32.1. The van der Waals surface area contributed by atoms with Crippen LogP contribution in [0.25, 0.3) is 0 Å². The van der Waals surface area contributed by atoms with Crippen LogP contribution in [-0.4, -0.2) is 60.5 Å². The van der Waals surface area contributed by atoms with Crippen molar-refractivity contribution in [2.24, 2.45) is 5.73 Å². The van der Waals surface area contributed by atoms with Crippen LogP contribution in [0, 0.1) is 0 Å². The van der Waals surface area contributed by atoms with E-state index in [0.29, 0.717) is 29.4 Å². The van der Waals surface area contributed by atoms with Crippen molar-refractivity contribution >= 4 is 34.9 Å². The fourth-order valence-corrected chi connectivity index (χ4v) is 4.98. The van der Waals surface area contributed by atoms with Crippen LogP contribution in [0.2, 0.25) is 0 Å². The van der Waals surface area contributed by atoms with Crippen LogP contribution in [0.15, 0.2) is 41.0 Å². The summed E-state index contributed by atoms with van der Waals surface area (Å²) in [7, 11) is 2.97. The maximum atomic E-state index is 13.9. The highest BCUT2D eigenvalue weighted by Crippen LogP contribution is 2.35. The number of anilines is 1. The smallest absolute Gasteiger partial charge is 0.270 e. The Hall–Kier alpha value is -4.10. The Morgan fingerprint density at radius 1 is 1.24 bits per heavy atom. The molecular weight excluding hydrogens is 514 g/mol. The molecule has 0 unspecified atom stereocenters. The number of methoxy groups -OCH3 is 2. The SMILES string of the molecule is COc1ccc([C@@H](C(=O)NC[C@@H]2CCCO2)N(Cc2ccco2)C(=O)c2snc(C(N)=O)c2N)cc1OC. The average Bonchev–Trinajstić information content (AvgIpc) is 3.69. The van der Waals surface area contributed by atoms with E-state index in [1.54, 1.807) is 30.3 Å². The maximum absolute atomic E-state index is 13.9. The summed E-state index contributed by atoms with van der Waals surface area (Å²) in [4.78, 5) is 40.7. The van der Waals surface area contributed by atoms with Crippen LogP contribution < -0.4 is 26.3 Å². The van der Waals surface area contributed by atoms with Crippen molar-refractivity contribution in [3.8, 4) is 11.5 Å². The molecule has 3 amide bonds. The zero-order chi connectivity index (χ0) is 27.2. The van der Waals surface area contributed by atoms with Crippen molar-refractivity contribution < 1.29 is 33.0 Å². The van der Waals surface area contributed by atoms with Gasteiger partial charge >= 0.3 is 0 Å². The highest BCUT2D eigenvalue weighted by Gasteiger charge is 2.36. The second kappa shape index (κ2) is 12.0. The molecule has 13 heteroatoms. The number of nitrogens with zero attached hydrogens (tertiary/aromatic N) is 2. The monoisotopic (exact) mass is 543 g/mol. The molecule has 0 aliphatic carbocycles. The molecule has 38 heavy (non-hydrogen) atoms. The van der Waals surface area contributed by atoms with Gasteiger partial charge in [-0.15, -0.1) is 0 Å². The largest absolute Gasteiger partial charge is 0.493 e. The number of primary amides is 1. The maximum Gasteiger partial charge on any atom is 0.270 e. The lowest BCUT2D eigenvalue weighted by Crippen LogP contribution is -2.45. The second-order valence-electron chi connectivity index (χ2n) is 8.55. The Kier molecular flexibility index (Phi) is 8.48. The number of nitrogens with one attached hydrogen (secondary N) is 1. The predicted molar refractivity (Wildman–Crippen MR) is 138 cm³/mol. The van der Waals surface area contributed by atoms with Crippen LogP contribution in [0.4, 0.5) is 5.69 Å². The molecule has 0 saturated carbocycles. The van der Waals surface area contributed by atoms with Gasteiger partial charge in [-0.2, -0.15) is 4.37 Å². The van der Waals surface area contributed by atoms with E-state index < -0.39 is 23.8 Å². The summed E-state index contributed by atoms with van der Waals surface area (Å²) in [5.74, 6) is -0.686. The zero-order valence-corrected chi connectivity index (χ0v) is 21.8. The number of nitrogens with two attached hydrogens (primary N) is 2. The van der Waals surface area contributed by atoms with E-state index in [1.807, 2.05) is 0 Å². The molecular formula is C25H29N5O7S. The van der Waals surface area contributed by atoms with Gasteiger partial charge in [0.05, 0.1) is 38.8 Å². The Bertz CT molecular complexity index is 1290. The zero-order valence-electron chi connectivity index (χ0n) is 21.0. The van der Waals surface area contributed by atoms with Crippen molar-refractivity contribution in [3.63, 3.8) is 0 Å². The van der Waals surface area contributed by atoms with E-state index in [0.717, 1.165) is 24.4 Å². The van der Waals surface area contributed by atoms with Gasteiger partial charge in [0.15, 0.2) is 17.2 Å². The third-order valence-electron chi connectivity index (χ3n) is 6.13. The van der Waals surface area contributed by atoms with Gasteiger partial charge in [-0.1, -0.05) is 6.07 Å². The minimum atomic E-state index is -1.15. The number of furan rings is 1. The third-order valence-corrected chi connectivity index (χ3v) is 6.99. The van der Waals surface area contributed by atoms with Gasteiger partial charge in [-0.25, -0.2) is 0 Å². The first-order chi connectivity index (χ1) is 18.3. The molecule has 1 aliphatic rings. The van der Waals surface area contributed by atoms with Crippen LogP contribution in [0.1, 0.15) is 50.4 Å². The summed E-state index contributed by atoms with van der Waals surface area (Å²) in [5, 5.41) is 2.92. The topological polar surface area (TPSA) is 172 Å². The van der Waals surface area contributed by atoms with Crippen molar-refractivity contribution in [2.75, 3.05) is 33.1 Å². The Labute approximate surface area is 223 Å². The van der Waals surface area contributed by atoms with Gasteiger partial charge in [-0.05, 0) is 54.2 Å². The number of ether oxygens (including phenoxy) is 3. The van der Waals surface area contributed by atoms with Gasteiger partial charge in [-0.3, -0.25) is 14.4 Å². The summed E-state index contributed by atoms with van der Waals surface area (Å²) in [6.45, 7) is 0.830. The molecule has 202 valence electrons. The molecule has 1 aliphatic heterocycles. The van der Waals surface area contributed by atoms with E-state index in [2.05, 4.69) is 9.69 Å². The fraction of sp³-hybridized carbons (Fsp3) is 0.360. The number of hydrogen-bond donors (Lipinski definition) is 3. The Balaban J connectivity index is 1.78. The molecule has 5 N–H and O–H groups in total. The first-order valence-corrected chi connectivity index (χ1v) is 12.6. The molecule has 1 aromatic carbocycles. The molecule has 0 bridgehead atoms. The van der Waals surface area contributed by atoms with Crippen LogP contribution >= 0.6 is 11.5 Å². The van der Waals surface area contributed by atoms with Crippen LogP contribution in [-0.2, 0) is 16.1 Å². The number of amides is 3. The van der Waals surface area contributed by atoms with E-state index in [9.17, 15) is 14.4 Å². The molecule has 1 fully saturated rings. The number of aromatic nitrogens is 1. The number of benzene rings is 1. The molecule has 12 nitrogen and oxygen atoms in total. The Morgan fingerprint density at radius 2 is 2.03 bits per heavy atom. The van der Waals surface area contributed by atoms with Gasteiger partial charge in [0, 0.05) is 13.2 Å². The van der Waals surface area contributed by atoms with Gasteiger partial charge in [0.1, 0.15) is 16.7 Å². The van der Waals surface area contributed by atoms with Crippen LogP contribution in [0.5, 0.6) is 11.5 Å². The highest BCUT2D eigenvalue weighted by molar-refractivity contribution is 7.09. The lowest BCUT2D eigenvalue weighted by molar-refractivity contribution is -0.126. The van der Waals surface area contributed by atoms with Crippen molar-refractivity contribution in [1.29, 1.82) is 0 Å². The van der Waals surface area contributed by atoms with E-state index in [-0.39, 0.29) is 35.5 Å². The van der Waals surface area contributed by atoms with E-state index >= 15 is 0 Å². The van der Waals surface area contributed by atoms with Crippen molar-refractivity contribution in [3.05, 3.63) is 58.5 Å². The number of rotatable bonds is 11. The molecule has 0 spiro atoms. The number of carbonyl (C=O) groups excluding carboxylic acids is 3. The first-order valence-electron chi connectivity index (χ1n) is 11.8. The number of carbonyl (C=O) groups is 3. The normalized spacial score (nSPS) is 15.6. The van der Waals surface area contributed by atoms with Crippen molar-refractivity contribution in [2.45, 2.75) is 31.5 Å². The molecule has 2 atom stereocenters. The Morgan fingerprint density at radius 3 is 2.63 bits per heavy atom.